The van der Waals surface area contributed by atoms with Gasteiger partial charge in [0.05, 0.1) is 6.54 Å². The number of carbonyl (C=O) groups excluding carboxylic acids is 1. The topological polar surface area (TPSA) is 70.2 Å². The fraction of sp³-hybridized carbons (Fsp3) is 0.267. The second-order valence-electron chi connectivity index (χ2n) is 5.15. The second-order valence-corrected chi connectivity index (χ2v) is 5.15. The molecule has 0 saturated heterocycles. The van der Waals surface area contributed by atoms with Crippen molar-refractivity contribution in [1.82, 2.24) is 15.3 Å². The third-order valence-electron chi connectivity index (χ3n) is 3.06. The van der Waals surface area contributed by atoms with Crippen LogP contribution in [0.25, 0.3) is 0 Å². The van der Waals surface area contributed by atoms with Crippen LogP contribution in [0.3, 0.4) is 0 Å². The van der Waals surface area contributed by atoms with Gasteiger partial charge in [0, 0.05) is 25.9 Å². The number of nitrogens with one attached hydrogen (secondary N) is 2. The quantitative estimate of drug-likeness (QED) is 0.878. The maximum absolute atomic E-state index is 14.0. The van der Waals surface area contributed by atoms with Gasteiger partial charge in [-0.3, -0.25) is 5.32 Å². The van der Waals surface area contributed by atoms with Gasteiger partial charge in [-0.05, 0) is 18.2 Å². The summed E-state index contributed by atoms with van der Waals surface area (Å²) in [5, 5.41) is 4.32. The van der Waals surface area contributed by atoms with Gasteiger partial charge in [-0.1, -0.05) is 12.1 Å². The van der Waals surface area contributed by atoms with Gasteiger partial charge in [-0.15, -0.1) is 0 Å². The molecule has 0 unspecified atom stereocenters. The Hall–Kier alpha value is -2.84. The molecule has 2 N–H and O–H groups in total. The summed E-state index contributed by atoms with van der Waals surface area (Å²) in [6.07, 6.45) is 1.44. The molecule has 1 heterocycles. The van der Waals surface area contributed by atoms with E-state index in [0.29, 0.717) is 5.82 Å². The number of nitrogens with zero attached hydrogens (tertiary/aromatic N) is 3. The number of amides is 2. The third-order valence-corrected chi connectivity index (χ3v) is 3.06. The molecule has 0 aliphatic rings. The number of anilines is 2. The second kappa shape index (κ2) is 7.16. The first-order chi connectivity index (χ1) is 11.3. The predicted octanol–water partition coefficient (Wildman–Crippen LogP) is 2.60. The molecule has 128 valence electrons. The molecule has 2 aromatic rings. The summed E-state index contributed by atoms with van der Waals surface area (Å²) >= 11 is 0. The minimum atomic E-state index is -3.34. The van der Waals surface area contributed by atoms with Crippen LogP contribution in [0.5, 0.6) is 0 Å². The van der Waals surface area contributed by atoms with Gasteiger partial charge in [0.15, 0.2) is 0 Å². The predicted molar refractivity (Wildman–Crippen MR) is 83.7 cm³/mol. The van der Waals surface area contributed by atoms with Gasteiger partial charge in [-0.25, -0.2) is 14.2 Å². The van der Waals surface area contributed by atoms with Gasteiger partial charge in [0.2, 0.25) is 5.95 Å². The number of carbonyl (C=O) groups is 1. The average molecular weight is 339 g/mol. The standard InChI is InChI=1S/C15H16F3N5O/c1-23(2)12-7-8-19-13(21-12)22-14(24)20-9-15(17,18)10-3-5-11(16)6-4-10/h3-8H,9H2,1-2H3,(H2,19,20,21,22,24). The molecule has 1 aromatic carbocycles. The highest BCUT2D eigenvalue weighted by Crippen LogP contribution is 2.27. The Morgan fingerprint density at radius 1 is 1.21 bits per heavy atom. The van der Waals surface area contributed by atoms with Crippen LogP contribution in [0.2, 0.25) is 0 Å². The SMILES string of the molecule is CN(C)c1ccnc(NC(=O)NCC(F)(F)c2ccc(F)cc2)n1. The number of hydrogen-bond acceptors (Lipinski definition) is 4. The van der Waals surface area contributed by atoms with Gasteiger partial charge < -0.3 is 10.2 Å². The molecule has 6 nitrogen and oxygen atoms in total. The Morgan fingerprint density at radius 2 is 1.88 bits per heavy atom. The number of hydrogen-bond donors (Lipinski definition) is 2. The molecule has 24 heavy (non-hydrogen) atoms. The molecule has 2 rings (SSSR count). The van der Waals surface area contributed by atoms with Crippen LogP contribution in [0.1, 0.15) is 5.56 Å². The van der Waals surface area contributed by atoms with Crippen LogP contribution in [0.15, 0.2) is 36.5 Å². The van der Waals surface area contributed by atoms with Crippen molar-refractivity contribution in [2.45, 2.75) is 5.92 Å². The molecule has 1 aromatic heterocycles. The molecule has 9 heteroatoms. The Bertz CT molecular complexity index is 707. The zero-order chi connectivity index (χ0) is 17.7. The largest absolute Gasteiger partial charge is 0.363 e. The fourth-order valence-corrected chi connectivity index (χ4v) is 1.79. The zero-order valence-electron chi connectivity index (χ0n) is 13.1. The van der Waals surface area contributed by atoms with Crippen molar-refractivity contribution in [2.24, 2.45) is 0 Å². The average Bonchev–Trinajstić information content (AvgIpc) is 2.54. The zero-order valence-corrected chi connectivity index (χ0v) is 13.1. The Labute approximate surface area is 136 Å². The van der Waals surface area contributed by atoms with Crippen LogP contribution in [0.4, 0.5) is 29.7 Å². The molecule has 0 aliphatic heterocycles. The van der Waals surface area contributed by atoms with Crippen molar-refractivity contribution >= 4 is 17.8 Å². The molecule has 0 bridgehead atoms. The Balaban J connectivity index is 1.95. The van der Waals surface area contributed by atoms with Crippen molar-refractivity contribution in [3.05, 3.63) is 47.9 Å². The summed E-state index contributed by atoms with van der Waals surface area (Å²) in [6, 6.07) is 4.57. The highest BCUT2D eigenvalue weighted by Gasteiger charge is 2.32. The van der Waals surface area contributed by atoms with E-state index < -0.39 is 29.9 Å². The van der Waals surface area contributed by atoms with E-state index in [9.17, 15) is 18.0 Å². The fourth-order valence-electron chi connectivity index (χ4n) is 1.79. The van der Waals surface area contributed by atoms with Crippen LogP contribution in [-0.4, -0.2) is 36.6 Å². The minimum Gasteiger partial charge on any atom is -0.363 e. The van der Waals surface area contributed by atoms with Crippen molar-refractivity contribution in [3.63, 3.8) is 0 Å². The van der Waals surface area contributed by atoms with E-state index in [1.54, 1.807) is 25.1 Å². The minimum absolute atomic E-state index is 0.0104. The van der Waals surface area contributed by atoms with Crippen molar-refractivity contribution in [1.29, 1.82) is 0 Å². The molecule has 0 radical (unpaired) electrons. The number of halogens is 3. The molecule has 0 fully saturated rings. The lowest BCUT2D eigenvalue weighted by atomic mass is 10.1. The number of rotatable bonds is 5. The Morgan fingerprint density at radius 3 is 2.50 bits per heavy atom. The van der Waals surface area contributed by atoms with Gasteiger partial charge in [0.1, 0.15) is 11.6 Å². The molecule has 0 saturated carbocycles. The van der Waals surface area contributed by atoms with E-state index in [2.05, 4.69) is 15.3 Å². The van der Waals surface area contributed by atoms with Gasteiger partial charge >= 0.3 is 6.03 Å². The van der Waals surface area contributed by atoms with Crippen molar-refractivity contribution in [2.75, 3.05) is 30.9 Å². The van der Waals surface area contributed by atoms with E-state index in [-0.39, 0.29) is 5.95 Å². The lowest BCUT2D eigenvalue weighted by Gasteiger charge is -2.17. The summed E-state index contributed by atoms with van der Waals surface area (Å²) in [7, 11) is 3.52. The smallest absolute Gasteiger partial charge is 0.321 e. The van der Waals surface area contributed by atoms with Crippen molar-refractivity contribution < 1.29 is 18.0 Å². The molecular weight excluding hydrogens is 323 g/mol. The van der Waals surface area contributed by atoms with Gasteiger partial charge in [-0.2, -0.15) is 13.8 Å². The lowest BCUT2D eigenvalue weighted by molar-refractivity contribution is -0.000143. The number of urea groups is 1. The first kappa shape index (κ1) is 17.5. The van der Waals surface area contributed by atoms with Crippen molar-refractivity contribution in [3.8, 4) is 0 Å². The summed E-state index contributed by atoms with van der Waals surface area (Å²) in [5.41, 5.74) is -0.393. The highest BCUT2D eigenvalue weighted by atomic mass is 19.3. The van der Waals surface area contributed by atoms with Crippen LogP contribution >= 0.6 is 0 Å². The van der Waals surface area contributed by atoms with Gasteiger partial charge in [0.25, 0.3) is 5.92 Å². The number of aromatic nitrogens is 2. The molecule has 2 amide bonds. The first-order valence-corrected chi connectivity index (χ1v) is 6.97. The molecular formula is C15H16F3N5O. The maximum Gasteiger partial charge on any atom is 0.321 e. The van der Waals surface area contributed by atoms with E-state index in [1.807, 2.05) is 5.32 Å². The van der Waals surface area contributed by atoms with E-state index in [0.717, 1.165) is 24.3 Å². The van der Waals surface area contributed by atoms with Crippen LogP contribution < -0.4 is 15.5 Å². The molecule has 0 atom stereocenters. The van der Waals surface area contributed by atoms with Crippen LogP contribution in [0, 0.1) is 5.82 Å². The summed E-state index contributed by atoms with van der Waals surface area (Å²) in [5.74, 6) is -3.41. The summed E-state index contributed by atoms with van der Waals surface area (Å²) < 4.78 is 40.7. The van der Waals surface area contributed by atoms with E-state index >= 15 is 0 Å². The molecule has 0 spiro atoms. The van der Waals surface area contributed by atoms with E-state index in [1.165, 1.54) is 6.20 Å². The highest BCUT2D eigenvalue weighted by molar-refractivity contribution is 5.87. The van der Waals surface area contributed by atoms with Crippen LogP contribution in [-0.2, 0) is 5.92 Å². The molecule has 0 aliphatic carbocycles. The normalized spacial score (nSPS) is 11.0. The lowest BCUT2D eigenvalue weighted by Crippen LogP contribution is -2.38. The number of alkyl halides is 2. The first-order valence-electron chi connectivity index (χ1n) is 6.97. The summed E-state index contributed by atoms with van der Waals surface area (Å²) in [4.78, 5) is 21.3. The van der Waals surface area contributed by atoms with E-state index in [4.69, 9.17) is 0 Å². The monoisotopic (exact) mass is 339 g/mol. The summed E-state index contributed by atoms with van der Waals surface area (Å²) in [6.45, 7) is -0.947. The number of benzene rings is 1. The Kier molecular flexibility index (Phi) is 5.22. The maximum atomic E-state index is 14.0. The third kappa shape index (κ3) is 4.58.